The molecule has 0 amide bonds. The second kappa shape index (κ2) is 13.3. The SMILES string of the molecule is CCOC(=O)C1=C(c2ccccc2)N=c2s/c(=C\c3cc(Br)cc(I)c3OCc3ccc(F)cc3)c(=O)n2[C@@H]1c1cccs1. The number of carbonyl (C=O) groups excluding carboxylic acids is 1. The second-order valence-corrected chi connectivity index (χ2v) is 13.7. The van der Waals surface area contributed by atoms with Crippen LogP contribution in [0.3, 0.4) is 0 Å². The summed E-state index contributed by atoms with van der Waals surface area (Å²) in [5, 5.41) is 1.92. The van der Waals surface area contributed by atoms with Gasteiger partial charge in [0, 0.05) is 20.5 Å². The van der Waals surface area contributed by atoms with Crippen molar-refractivity contribution in [2.45, 2.75) is 19.6 Å². The molecule has 11 heteroatoms. The van der Waals surface area contributed by atoms with Crippen molar-refractivity contribution in [3.63, 3.8) is 0 Å². The summed E-state index contributed by atoms with van der Waals surface area (Å²) in [5.41, 5.74) is 2.78. The summed E-state index contributed by atoms with van der Waals surface area (Å²) >= 11 is 8.48. The lowest BCUT2D eigenvalue weighted by molar-refractivity contribution is -0.138. The van der Waals surface area contributed by atoms with E-state index in [0.29, 0.717) is 31.9 Å². The average Bonchev–Trinajstić information content (AvgIpc) is 3.65. The Morgan fingerprint density at radius 1 is 1.11 bits per heavy atom. The molecule has 1 aliphatic heterocycles. The average molecular weight is 801 g/mol. The smallest absolute Gasteiger partial charge is 0.338 e. The molecule has 0 saturated heterocycles. The Kier molecular flexibility index (Phi) is 9.26. The minimum absolute atomic E-state index is 0.189. The van der Waals surface area contributed by atoms with Crippen LogP contribution in [0, 0.1) is 9.39 Å². The van der Waals surface area contributed by atoms with E-state index in [1.165, 1.54) is 34.8 Å². The highest BCUT2D eigenvalue weighted by Crippen LogP contribution is 2.37. The number of ether oxygens (including phenoxy) is 2. The number of hydrogen-bond acceptors (Lipinski definition) is 7. The van der Waals surface area contributed by atoms with Crippen molar-refractivity contribution in [3.05, 3.63) is 145 Å². The van der Waals surface area contributed by atoms with Gasteiger partial charge in [0.05, 0.1) is 26.0 Å². The third kappa shape index (κ3) is 6.23. The molecule has 0 spiro atoms. The molecule has 6 nitrogen and oxygen atoms in total. The van der Waals surface area contributed by atoms with Crippen molar-refractivity contribution in [1.29, 1.82) is 0 Å². The molecular weight excluding hydrogens is 778 g/mol. The van der Waals surface area contributed by atoms with E-state index in [1.807, 2.05) is 60.0 Å². The molecule has 1 aliphatic rings. The quantitative estimate of drug-likeness (QED) is 0.124. The van der Waals surface area contributed by atoms with E-state index in [-0.39, 0.29) is 24.6 Å². The lowest BCUT2D eigenvalue weighted by Gasteiger charge is -2.24. The van der Waals surface area contributed by atoms with Gasteiger partial charge in [-0.3, -0.25) is 9.36 Å². The Balaban J connectivity index is 1.53. The number of nitrogens with zero attached hydrogens (tertiary/aromatic N) is 2. The van der Waals surface area contributed by atoms with Crippen LogP contribution in [0.2, 0.25) is 0 Å². The Hall–Kier alpha value is -3.39. The van der Waals surface area contributed by atoms with E-state index in [2.05, 4.69) is 38.5 Å². The van der Waals surface area contributed by atoms with Crippen LogP contribution < -0.4 is 19.6 Å². The molecule has 0 radical (unpaired) electrons. The maximum atomic E-state index is 14.2. The molecule has 1 atom stereocenters. The third-order valence-corrected chi connectivity index (χ3v) is 9.97. The van der Waals surface area contributed by atoms with E-state index in [9.17, 15) is 14.0 Å². The van der Waals surface area contributed by atoms with Crippen molar-refractivity contribution in [2.24, 2.45) is 4.99 Å². The number of hydrogen-bond donors (Lipinski definition) is 0. The minimum Gasteiger partial charge on any atom is -0.487 e. The zero-order chi connectivity index (χ0) is 30.8. The lowest BCUT2D eigenvalue weighted by atomic mass is 9.97. The highest BCUT2D eigenvalue weighted by molar-refractivity contribution is 14.1. The fourth-order valence-corrected chi connectivity index (χ4v) is 8.40. The number of fused-ring (bicyclic) bond motifs is 1. The summed E-state index contributed by atoms with van der Waals surface area (Å²) in [6, 6.07) is 22.5. The molecule has 2 aromatic heterocycles. The molecule has 0 fully saturated rings. The zero-order valence-electron chi connectivity index (χ0n) is 23.1. The summed E-state index contributed by atoms with van der Waals surface area (Å²) in [4.78, 5) is 33.9. The van der Waals surface area contributed by atoms with Gasteiger partial charge < -0.3 is 9.47 Å². The standard InChI is InChI=1S/C33H23BrFIN2O4S2/c1-2-41-32(40)27-28(20-7-4-3-5-8-20)37-33-38(29(27)25-9-6-14-43-25)31(39)26(44-33)16-21-15-22(34)17-24(36)30(21)42-18-19-10-12-23(35)13-11-19/h3-17,29H,2,18H2,1H3/b26-16-/t29-/m1/s1. The molecule has 5 aromatic rings. The molecule has 222 valence electrons. The van der Waals surface area contributed by atoms with Crippen LogP contribution in [0.1, 0.15) is 34.5 Å². The molecule has 6 rings (SSSR count). The van der Waals surface area contributed by atoms with Crippen molar-refractivity contribution in [1.82, 2.24) is 4.57 Å². The van der Waals surface area contributed by atoms with Crippen molar-refractivity contribution in [3.8, 4) is 5.75 Å². The van der Waals surface area contributed by atoms with E-state index in [4.69, 9.17) is 14.5 Å². The normalized spacial score (nSPS) is 14.7. The van der Waals surface area contributed by atoms with Crippen LogP contribution in [0.15, 0.2) is 104 Å². The maximum absolute atomic E-state index is 14.2. The first-order valence-corrected chi connectivity index (χ1v) is 17.1. The van der Waals surface area contributed by atoms with Gasteiger partial charge >= 0.3 is 5.97 Å². The van der Waals surface area contributed by atoms with Crippen molar-refractivity contribution >= 4 is 78.9 Å². The molecule has 0 N–H and O–H groups in total. The topological polar surface area (TPSA) is 69.9 Å². The van der Waals surface area contributed by atoms with E-state index < -0.39 is 12.0 Å². The van der Waals surface area contributed by atoms with Crippen molar-refractivity contribution in [2.75, 3.05) is 6.61 Å². The van der Waals surface area contributed by atoms with Gasteiger partial charge in [0.2, 0.25) is 0 Å². The summed E-state index contributed by atoms with van der Waals surface area (Å²) < 4.78 is 28.8. The van der Waals surface area contributed by atoms with Crippen LogP contribution >= 0.6 is 61.2 Å². The monoisotopic (exact) mass is 800 g/mol. The Morgan fingerprint density at radius 2 is 1.89 bits per heavy atom. The minimum atomic E-state index is -0.709. The van der Waals surface area contributed by atoms with Crippen LogP contribution in [-0.2, 0) is 16.1 Å². The van der Waals surface area contributed by atoms with Gasteiger partial charge in [0.15, 0.2) is 4.80 Å². The Labute approximate surface area is 282 Å². The first kappa shape index (κ1) is 30.6. The van der Waals surface area contributed by atoms with Gasteiger partial charge in [0.25, 0.3) is 5.56 Å². The van der Waals surface area contributed by atoms with E-state index in [1.54, 1.807) is 29.7 Å². The van der Waals surface area contributed by atoms with Gasteiger partial charge in [-0.15, -0.1) is 11.3 Å². The van der Waals surface area contributed by atoms with Gasteiger partial charge in [-0.25, -0.2) is 14.2 Å². The van der Waals surface area contributed by atoms with E-state index in [0.717, 1.165) is 24.0 Å². The van der Waals surface area contributed by atoms with Crippen molar-refractivity contribution < 1.29 is 18.7 Å². The van der Waals surface area contributed by atoms with Crippen LogP contribution in [-0.4, -0.2) is 17.1 Å². The molecule has 0 bridgehead atoms. The number of thiophene rings is 1. The molecule has 0 aliphatic carbocycles. The number of halogens is 3. The molecule has 3 aromatic carbocycles. The number of esters is 1. The summed E-state index contributed by atoms with van der Waals surface area (Å²) in [6.45, 7) is 2.17. The summed E-state index contributed by atoms with van der Waals surface area (Å²) in [6.07, 6.45) is 1.79. The predicted molar refractivity (Wildman–Crippen MR) is 183 cm³/mol. The Bertz CT molecular complexity index is 2060. The lowest BCUT2D eigenvalue weighted by Crippen LogP contribution is -2.39. The fraction of sp³-hybridized carbons (Fsp3) is 0.121. The number of carbonyl (C=O) groups is 1. The molecule has 44 heavy (non-hydrogen) atoms. The van der Waals surface area contributed by atoms with Gasteiger partial charge in [-0.05, 0) is 76.9 Å². The van der Waals surface area contributed by atoms with Crippen LogP contribution in [0.4, 0.5) is 4.39 Å². The number of thiazole rings is 1. The summed E-state index contributed by atoms with van der Waals surface area (Å²) in [7, 11) is 0. The molecule has 3 heterocycles. The molecular formula is C33H23BrFIN2O4S2. The number of aromatic nitrogens is 1. The first-order chi connectivity index (χ1) is 21.3. The molecule has 0 saturated carbocycles. The second-order valence-electron chi connectivity index (χ2n) is 9.67. The van der Waals surface area contributed by atoms with Gasteiger partial charge in [0.1, 0.15) is 24.2 Å². The van der Waals surface area contributed by atoms with Crippen LogP contribution in [0.25, 0.3) is 11.8 Å². The molecule has 0 unspecified atom stereocenters. The number of benzene rings is 3. The van der Waals surface area contributed by atoms with E-state index >= 15 is 0 Å². The van der Waals surface area contributed by atoms with Crippen LogP contribution in [0.5, 0.6) is 5.75 Å². The largest absolute Gasteiger partial charge is 0.487 e. The summed E-state index contributed by atoms with van der Waals surface area (Å²) in [5.74, 6) is -0.234. The number of rotatable bonds is 8. The highest BCUT2D eigenvalue weighted by Gasteiger charge is 2.35. The zero-order valence-corrected chi connectivity index (χ0v) is 28.5. The fourth-order valence-electron chi connectivity index (χ4n) is 4.87. The maximum Gasteiger partial charge on any atom is 0.338 e. The first-order valence-electron chi connectivity index (χ1n) is 13.5. The Morgan fingerprint density at radius 3 is 2.59 bits per heavy atom. The predicted octanol–water partition coefficient (Wildman–Crippen LogP) is 7.08. The van der Waals surface area contributed by atoms with Gasteiger partial charge in [-0.2, -0.15) is 0 Å². The third-order valence-electron chi connectivity index (χ3n) is 6.81. The van der Waals surface area contributed by atoms with Gasteiger partial charge in [-0.1, -0.05) is 75.8 Å². The highest BCUT2D eigenvalue weighted by atomic mass is 127.